The standard InChI is InChI=1S/C7H6BrF2NO2S/c1-14(12,13)11-5-3-2-4(9)6(8)7(5)10/h2-3,11H,1H3. The summed E-state index contributed by atoms with van der Waals surface area (Å²) in [6, 6.07) is 1.97. The minimum atomic E-state index is -3.56. The first-order chi connectivity index (χ1) is 6.31. The number of halogens is 3. The van der Waals surface area contributed by atoms with Crippen LogP contribution in [0.2, 0.25) is 0 Å². The summed E-state index contributed by atoms with van der Waals surface area (Å²) < 4.78 is 49.0. The fourth-order valence-corrected chi connectivity index (χ4v) is 1.71. The van der Waals surface area contributed by atoms with E-state index in [1.54, 1.807) is 0 Å². The van der Waals surface area contributed by atoms with E-state index >= 15 is 0 Å². The predicted octanol–water partition coefficient (Wildman–Crippen LogP) is 2.10. The third-order valence-electron chi connectivity index (χ3n) is 1.33. The van der Waals surface area contributed by atoms with Crippen LogP contribution in [-0.2, 0) is 10.0 Å². The lowest BCUT2D eigenvalue weighted by atomic mass is 10.3. The molecule has 0 saturated carbocycles. The molecule has 0 amide bonds. The molecule has 0 spiro atoms. The summed E-state index contributed by atoms with van der Waals surface area (Å²) in [6.07, 6.45) is 0.879. The molecule has 0 aromatic heterocycles. The highest BCUT2D eigenvalue weighted by Gasteiger charge is 2.13. The van der Waals surface area contributed by atoms with Gasteiger partial charge in [0.15, 0.2) is 5.82 Å². The van der Waals surface area contributed by atoms with Crippen molar-refractivity contribution < 1.29 is 17.2 Å². The van der Waals surface area contributed by atoms with Gasteiger partial charge in [0.1, 0.15) is 5.82 Å². The van der Waals surface area contributed by atoms with Gasteiger partial charge in [-0.25, -0.2) is 17.2 Å². The molecule has 0 aliphatic heterocycles. The van der Waals surface area contributed by atoms with Crippen molar-refractivity contribution >= 4 is 31.6 Å². The average molecular weight is 286 g/mol. The highest BCUT2D eigenvalue weighted by Crippen LogP contribution is 2.26. The summed E-state index contributed by atoms with van der Waals surface area (Å²) in [5, 5.41) is 0. The predicted molar refractivity (Wildman–Crippen MR) is 52.5 cm³/mol. The van der Waals surface area contributed by atoms with Gasteiger partial charge >= 0.3 is 0 Å². The lowest BCUT2D eigenvalue weighted by Crippen LogP contribution is -2.11. The van der Waals surface area contributed by atoms with Crippen LogP contribution >= 0.6 is 15.9 Å². The molecule has 0 fully saturated rings. The summed E-state index contributed by atoms with van der Waals surface area (Å²) in [4.78, 5) is 0. The Labute approximate surface area is 88.3 Å². The summed E-state index contributed by atoms with van der Waals surface area (Å²) in [5.41, 5.74) is -0.291. The monoisotopic (exact) mass is 285 g/mol. The Bertz CT molecular complexity index is 461. The number of hydrogen-bond acceptors (Lipinski definition) is 2. The van der Waals surface area contributed by atoms with Crippen LogP contribution in [0.15, 0.2) is 16.6 Å². The van der Waals surface area contributed by atoms with Gasteiger partial charge in [-0.1, -0.05) is 0 Å². The van der Waals surface area contributed by atoms with Crippen molar-refractivity contribution in [2.45, 2.75) is 0 Å². The third-order valence-corrected chi connectivity index (χ3v) is 2.65. The molecule has 0 bridgehead atoms. The molecule has 7 heteroatoms. The second-order valence-electron chi connectivity index (χ2n) is 2.60. The zero-order valence-corrected chi connectivity index (χ0v) is 9.42. The first kappa shape index (κ1) is 11.4. The van der Waals surface area contributed by atoms with Crippen molar-refractivity contribution in [3.8, 4) is 0 Å². The maximum absolute atomic E-state index is 13.2. The van der Waals surface area contributed by atoms with Crippen LogP contribution in [0, 0.1) is 11.6 Å². The van der Waals surface area contributed by atoms with E-state index in [0.29, 0.717) is 0 Å². The molecule has 1 rings (SSSR count). The van der Waals surface area contributed by atoms with E-state index in [-0.39, 0.29) is 5.69 Å². The van der Waals surface area contributed by atoms with Crippen molar-refractivity contribution in [3.63, 3.8) is 0 Å². The van der Waals surface area contributed by atoms with Crippen LogP contribution in [0.3, 0.4) is 0 Å². The van der Waals surface area contributed by atoms with Crippen LogP contribution in [-0.4, -0.2) is 14.7 Å². The van der Waals surface area contributed by atoms with E-state index in [2.05, 4.69) is 15.9 Å². The number of hydrogen-bond donors (Lipinski definition) is 1. The molecule has 0 aliphatic rings. The van der Waals surface area contributed by atoms with Gasteiger partial charge in [0.05, 0.1) is 16.4 Å². The molecule has 78 valence electrons. The minimum Gasteiger partial charge on any atom is -0.281 e. The Morgan fingerprint density at radius 1 is 1.36 bits per heavy atom. The zero-order valence-electron chi connectivity index (χ0n) is 7.01. The average Bonchev–Trinajstić information content (AvgIpc) is 2.04. The molecule has 0 radical (unpaired) electrons. The maximum Gasteiger partial charge on any atom is 0.229 e. The summed E-state index contributed by atoms with van der Waals surface area (Å²) in [6.45, 7) is 0. The molecule has 1 N–H and O–H groups in total. The summed E-state index contributed by atoms with van der Waals surface area (Å²) in [5.74, 6) is -1.77. The zero-order chi connectivity index (χ0) is 10.9. The molecule has 1 aromatic carbocycles. The van der Waals surface area contributed by atoms with E-state index in [0.717, 1.165) is 18.4 Å². The largest absolute Gasteiger partial charge is 0.281 e. The highest BCUT2D eigenvalue weighted by molar-refractivity contribution is 9.10. The molecule has 0 saturated heterocycles. The highest BCUT2D eigenvalue weighted by atomic mass is 79.9. The van der Waals surface area contributed by atoms with Gasteiger partial charge in [0.2, 0.25) is 10.0 Å². The smallest absolute Gasteiger partial charge is 0.229 e. The summed E-state index contributed by atoms with van der Waals surface area (Å²) >= 11 is 2.65. The van der Waals surface area contributed by atoms with Gasteiger partial charge in [-0.05, 0) is 28.1 Å². The Kier molecular flexibility index (Phi) is 3.10. The molecule has 1 aromatic rings. The van der Waals surface area contributed by atoms with Gasteiger partial charge in [0.25, 0.3) is 0 Å². The van der Waals surface area contributed by atoms with Gasteiger partial charge in [-0.15, -0.1) is 0 Å². The quantitative estimate of drug-likeness (QED) is 0.846. The molecule has 0 unspecified atom stereocenters. The van der Waals surface area contributed by atoms with Crippen molar-refractivity contribution in [2.75, 3.05) is 11.0 Å². The fraction of sp³-hybridized carbons (Fsp3) is 0.143. The van der Waals surface area contributed by atoms with Crippen LogP contribution in [0.25, 0.3) is 0 Å². The summed E-state index contributed by atoms with van der Waals surface area (Å²) in [7, 11) is -3.56. The lowest BCUT2D eigenvalue weighted by molar-refractivity contribution is 0.573. The van der Waals surface area contributed by atoms with Crippen LogP contribution in [0.5, 0.6) is 0 Å². The number of anilines is 1. The van der Waals surface area contributed by atoms with E-state index < -0.39 is 26.1 Å². The number of benzene rings is 1. The van der Waals surface area contributed by atoms with E-state index in [1.807, 2.05) is 4.72 Å². The second kappa shape index (κ2) is 3.82. The number of rotatable bonds is 2. The van der Waals surface area contributed by atoms with Crippen molar-refractivity contribution in [1.82, 2.24) is 0 Å². The van der Waals surface area contributed by atoms with E-state index in [4.69, 9.17) is 0 Å². The van der Waals surface area contributed by atoms with E-state index in [9.17, 15) is 17.2 Å². The number of sulfonamides is 1. The normalized spacial score (nSPS) is 11.4. The van der Waals surface area contributed by atoms with Crippen LogP contribution in [0.1, 0.15) is 0 Å². The maximum atomic E-state index is 13.2. The van der Waals surface area contributed by atoms with Crippen molar-refractivity contribution in [2.24, 2.45) is 0 Å². The van der Waals surface area contributed by atoms with Crippen molar-refractivity contribution in [1.29, 1.82) is 0 Å². The number of nitrogens with one attached hydrogen (secondary N) is 1. The van der Waals surface area contributed by atoms with Gasteiger partial charge in [-0.2, -0.15) is 0 Å². The molecular formula is C7H6BrF2NO2S. The van der Waals surface area contributed by atoms with E-state index in [1.165, 1.54) is 0 Å². The Morgan fingerprint density at radius 3 is 2.43 bits per heavy atom. The molecule has 0 atom stereocenters. The second-order valence-corrected chi connectivity index (χ2v) is 5.14. The fourth-order valence-electron chi connectivity index (χ4n) is 0.804. The Hall–Kier alpha value is -0.690. The SMILES string of the molecule is CS(=O)(=O)Nc1ccc(F)c(Br)c1F. The molecular weight excluding hydrogens is 280 g/mol. The van der Waals surface area contributed by atoms with Crippen LogP contribution in [0.4, 0.5) is 14.5 Å². The van der Waals surface area contributed by atoms with Crippen molar-refractivity contribution in [3.05, 3.63) is 28.2 Å². The van der Waals surface area contributed by atoms with Gasteiger partial charge in [0, 0.05) is 0 Å². The Morgan fingerprint density at radius 2 is 1.93 bits per heavy atom. The first-order valence-corrected chi connectivity index (χ1v) is 6.11. The third kappa shape index (κ3) is 2.65. The topological polar surface area (TPSA) is 46.2 Å². The Balaban J connectivity index is 3.19. The van der Waals surface area contributed by atoms with Crippen LogP contribution < -0.4 is 4.72 Å². The van der Waals surface area contributed by atoms with Gasteiger partial charge in [-0.3, -0.25) is 4.72 Å². The molecule has 0 heterocycles. The van der Waals surface area contributed by atoms with Gasteiger partial charge < -0.3 is 0 Å². The lowest BCUT2D eigenvalue weighted by Gasteiger charge is -2.06. The first-order valence-electron chi connectivity index (χ1n) is 3.42. The minimum absolute atomic E-state index is 0.291. The molecule has 14 heavy (non-hydrogen) atoms. The molecule has 0 aliphatic carbocycles. The molecule has 3 nitrogen and oxygen atoms in total.